The van der Waals surface area contributed by atoms with Crippen molar-refractivity contribution in [1.82, 2.24) is 10.7 Å². The average Bonchev–Trinajstić information content (AvgIpc) is 2.93. The molecule has 0 spiro atoms. The number of nitrogens with zero attached hydrogens (tertiary/aromatic N) is 1. The highest BCUT2D eigenvalue weighted by Crippen LogP contribution is 2.28. The van der Waals surface area contributed by atoms with Crippen molar-refractivity contribution in [2.75, 3.05) is 26.1 Å². The Morgan fingerprint density at radius 2 is 1.59 bits per heavy atom. The van der Waals surface area contributed by atoms with E-state index in [1.54, 1.807) is 42.5 Å². The van der Waals surface area contributed by atoms with Crippen molar-refractivity contribution in [1.29, 1.82) is 0 Å². The van der Waals surface area contributed by atoms with E-state index in [0.29, 0.717) is 28.5 Å². The standard InChI is InChI=1S/C27H28N4O6/c1-18(20-7-5-4-6-8-20)29-25(32)17-37-21-11-9-19(10-12-21)16-28-31-27(34)26(33)30-23-14-13-22(35-2)15-24(23)36-3/h4-16,18H,17H2,1-3H3,(H,29,32)(H,30,33)(H,31,34)/b28-16-/t18-/m0/s1. The predicted molar refractivity (Wildman–Crippen MR) is 139 cm³/mol. The van der Waals surface area contributed by atoms with Crippen molar-refractivity contribution < 1.29 is 28.6 Å². The van der Waals surface area contributed by atoms with Crippen LogP contribution in [-0.4, -0.2) is 44.8 Å². The van der Waals surface area contributed by atoms with Gasteiger partial charge in [-0.05, 0) is 54.4 Å². The van der Waals surface area contributed by atoms with Crippen molar-refractivity contribution in [2.45, 2.75) is 13.0 Å². The third-order valence-electron chi connectivity index (χ3n) is 5.17. The van der Waals surface area contributed by atoms with E-state index < -0.39 is 11.8 Å². The number of ether oxygens (including phenoxy) is 3. The number of hydrogen-bond donors (Lipinski definition) is 3. The van der Waals surface area contributed by atoms with Gasteiger partial charge in [-0.3, -0.25) is 14.4 Å². The summed E-state index contributed by atoms with van der Waals surface area (Å²) in [7, 11) is 2.94. The fraction of sp³-hybridized carbons (Fsp3) is 0.185. The molecule has 37 heavy (non-hydrogen) atoms. The third kappa shape index (κ3) is 8.10. The molecule has 3 rings (SSSR count). The van der Waals surface area contributed by atoms with E-state index in [2.05, 4.69) is 21.2 Å². The van der Waals surface area contributed by atoms with Gasteiger partial charge in [-0.15, -0.1) is 0 Å². The molecule has 10 nitrogen and oxygen atoms in total. The van der Waals surface area contributed by atoms with Gasteiger partial charge in [0.25, 0.3) is 5.91 Å². The largest absolute Gasteiger partial charge is 0.497 e. The Kier molecular flexibility index (Phi) is 9.60. The normalized spacial score (nSPS) is 11.3. The van der Waals surface area contributed by atoms with Crippen LogP contribution in [0.5, 0.6) is 17.2 Å². The lowest BCUT2D eigenvalue weighted by Gasteiger charge is -2.14. The molecule has 0 heterocycles. The van der Waals surface area contributed by atoms with Crippen molar-refractivity contribution in [3.63, 3.8) is 0 Å². The van der Waals surface area contributed by atoms with Crippen LogP contribution in [0.3, 0.4) is 0 Å². The molecular formula is C27H28N4O6. The number of nitrogens with one attached hydrogen (secondary N) is 3. The van der Waals surface area contributed by atoms with Gasteiger partial charge in [0.2, 0.25) is 0 Å². The summed E-state index contributed by atoms with van der Waals surface area (Å²) in [5.41, 5.74) is 4.13. The number of carbonyl (C=O) groups excluding carboxylic acids is 3. The third-order valence-corrected chi connectivity index (χ3v) is 5.17. The molecule has 0 fully saturated rings. The van der Waals surface area contributed by atoms with E-state index >= 15 is 0 Å². The van der Waals surface area contributed by atoms with Crippen molar-refractivity contribution in [2.24, 2.45) is 5.10 Å². The summed E-state index contributed by atoms with van der Waals surface area (Å²) in [5, 5.41) is 9.14. The molecule has 10 heteroatoms. The molecule has 0 saturated heterocycles. The van der Waals surface area contributed by atoms with Gasteiger partial charge >= 0.3 is 11.8 Å². The highest BCUT2D eigenvalue weighted by molar-refractivity contribution is 6.39. The van der Waals surface area contributed by atoms with Crippen LogP contribution < -0.4 is 30.3 Å². The fourth-order valence-electron chi connectivity index (χ4n) is 3.20. The Balaban J connectivity index is 1.44. The van der Waals surface area contributed by atoms with Gasteiger partial charge in [0, 0.05) is 6.07 Å². The summed E-state index contributed by atoms with van der Waals surface area (Å²) in [6.45, 7) is 1.77. The molecule has 0 bridgehead atoms. The highest BCUT2D eigenvalue weighted by Gasteiger charge is 2.16. The SMILES string of the molecule is COc1ccc(NC(=O)C(=O)N/N=C\c2ccc(OCC(=O)N[C@@H](C)c3ccccc3)cc2)c(OC)c1. The number of benzene rings is 3. The first kappa shape index (κ1) is 26.7. The summed E-state index contributed by atoms with van der Waals surface area (Å²) < 4.78 is 15.8. The average molecular weight is 505 g/mol. The minimum atomic E-state index is -0.954. The molecule has 3 aromatic rings. The maximum Gasteiger partial charge on any atom is 0.329 e. The van der Waals surface area contributed by atoms with E-state index in [0.717, 1.165) is 5.56 Å². The zero-order chi connectivity index (χ0) is 26.6. The fourth-order valence-corrected chi connectivity index (χ4v) is 3.20. The number of anilines is 1. The molecule has 0 saturated carbocycles. The quantitative estimate of drug-likeness (QED) is 0.221. The first-order valence-electron chi connectivity index (χ1n) is 11.3. The van der Waals surface area contributed by atoms with E-state index in [-0.39, 0.29) is 18.6 Å². The molecule has 3 N–H and O–H groups in total. The van der Waals surface area contributed by atoms with Gasteiger partial charge < -0.3 is 24.8 Å². The second-order valence-corrected chi connectivity index (χ2v) is 7.78. The monoisotopic (exact) mass is 504 g/mol. The van der Waals surface area contributed by atoms with Crippen LogP contribution in [0, 0.1) is 0 Å². The van der Waals surface area contributed by atoms with E-state index in [1.165, 1.54) is 20.4 Å². The predicted octanol–water partition coefficient (Wildman–Crippen LogP) is 3.05. The molecule has 192 valence electrons. The smallest absolute Gasteiger partial charge is 0.329 e. The van der Waals surface area contributed by atoms with Gasteiger partial charge in [-0.25, -0.2) is 5.43 Å². The van der Waals surface area contributed by atoms with Crippen LogP contribution in [0.2, 0.25) is 0 Å². The zero-order valence-electron chi connectivity index (χ0n) is 20.7. The van der Waals surface area contributed by atoms with E-state index in [1.807, 2.05) is 37.3 Å². The molecule has 1 atom stereocenters. The number of hydrazone groups is 1. The molecule has 3 amide bonds. The molecule has 0 aromatic heterocycles. The maximum absolute atomic E-state index is 12.2. The van der Waals surface area contributed by atoms with E-state index in [9.17, 15) is 14.4 Å². The van der Waals surface area contributed by atoms with Gasteiger partial charge in [0.15, 0.2) is 6.61 Å². The number of hydrogen-bond acceptors (Lipinski definition) is 7. The second kappa shape index (κ2) is 13.3. The number of amides is 3. The van der Waals surface area contributed by atoms with Crippen molar-refractivity contribution in [3.05, 3.63) is 83.9 Å². The molecule has 0 aliphatic rings. The summed E-state index contributed by atoms with van der Waals surface area (Å²) in [4.78, 5) is 36.4. The van der Waals surface area contributed by atoms with Crippen molar-refractivity contribution >= 4 is 29.6 Å². The van der Waals surface area contributed by atoms with Gasteiger partial charge in [0.05, 0.1) is 32.2 Å². The summed E-state index contributed by atoms with van der Waals surface area (Å²) in [6.07, 6.45) is 1.37. The van der Waals surface area contributed by atoms with Gasteiger partial charge in [-0.1, -0.05) is 30.3 Å². The molecule has 0 unspecified atom stereocenters. The Morgan fingerprint density at radius 1 is 0.892 bits per heavy atom. The number of methoxy groups -OCH3 is 2. The lowest BCUT2D eigenvalue weighted by Crippen LogP contribution is -2.32. The molecule has 0 radical (unpaired) electrons. The Hall–Kier alpha value is -4.86. The van der Waals surface area contributed by atoms with Gasteiger partial charge in [0.1, 0.15) is 17.2 Å². The molecule has 0 aliphatic heterocycles. The summed E-state index contributed by atoms with van der Waals surface area (Å²) in [5.74, 6) is -0.725. The van der Waals surface area contributed by atoms with Crippen LogP contribution in [0.25, 0.3) is 0 Å². The Bertz CT molecular complexity index is 1250. The maximum atomic E-state index is 12.2. The first-order valence-corrected chi connectivity index (χ1v) is 11.3. The van der Waals surface area contributed by atoms with Crippen LogP contribution in [0.15, 0.2) is 77.9 Å². The lowest BCUT2D eigenvalue weighted by atomic mass is 10.1. The topological polar surface area (TPSA) is 127 Å². The Labute approximate surface area is 214 Å². The van der Waals surface area contributed by atoms with Crippen LogP contribution in [0.1, 0.15) is 24.1 Å². The van der Waals surface area contributed by atoms with Crippen LogP contribution in [-0.2, 0) is 14.4 Å². The summed E-state index contributed by atoms with van der Waals surface area (Å²) in [6, 6.07) is 21.0. The molecule has 3 aromatic carbocycles. The van der Waals surface area contributed by atoms with E-state index in [4.69, 9.17) is 14.2 Å². The minimum Gasteiger partial charge on any atom is -0.497 e. The molecule has 0 aliphatic carbocycles. The van der Waals surface area contributed by atoms with Crippen molar-refractivity contribution in [3.8, 4) is 17.2 Å². The lowest BCUT2D eigenvalue weighted by molar-refractivity contribution is -0.136. The number of rotatable bonds is 10. The molecular weight excluding hydrogens is 476 g/mol. The van der Waals surface area contributed by atoms with Gasteiger partial charge in [-0.2, -0.15) is 5.10 Å². The highest BCUT2D eigenvalue weighted by atomic mass is 16.5. The minimum absolute atomic E-state index is 0.130. The number of carbonyl (C=O) groups is 3. The van der Waals surface area contributed by atoms with Crippen LogP contribution in [0.4, 0.5) is 5.69 Å². The van der Waals surface area contributed by atoms with Crippen LogP contribution >= 0.6 is 0 Å². The first-order chi connectivity index (χ1) is 17.9. The second-order valence-electron chi connectivity index (χ2n) is 7.78. The Morgan fingerprint density at radius 3 is 2.27 bits per heavy atom. The summed E-state index contributed by atoms with van der Waals surface area (Å²) >= 11 is 0. The zero-order valence-corrected chi connectivity index (χ0v) is 20.7.